The lowest BCUT2D eigenvalue weighted by atomic mass is 9.62. The Labute approximate surface area is 117 Å². The van der Waals surface area contributed by atoms with Gasteiger partial charge in [-0.1, -0.05) is 18.6 Å². The molecule has 20 heavy (non-hydrogen) atoms. The number of pyridine rings is 1. The number of benzene rings is 1. The monoisotopic (exact) mass is 264 g/mol. The van der Waals surface area contributed by atoms with Gasteiger partial charge >= 0.3 is 0 Å². The van der Waals surface area contributed by atoms with Crippen LogP contribution in [0.25, 0.3) is 10.9 Å². The van der Waals surface area contributed by atoms with Gasteiger partial charge in [-0.3, -0.25) is 10.1 Å². The first kappa shape index (κ1) is 11.5. The van der Waals surface area contributed by atoms with E-state index < -0.39 is 0 Å². The standard InChI is InChI=1S/C16H16N4/c17-15-10-14(19-20-15)16(6-2-7-16)12-4-5-13-11(9-12)3-1-8-18-13/h1,3-5,8-10H,2,6-7H2,(H3,17,19,20). The van der Waals surface area contributed by atoms with E-state index in [1.165, 1.54) is 17.4 Å². The van der Waals surface area contributed by atoms with Crippen molar-refractivity contribution in [3.05, 3.63) is 53.9 Å². The molecule has 4 heteroatoms. The van der Waals surface area contributed by atoms with Gasteiger partial charge < -0.3 is 5.73 Å². The minimum atomic E-state index is 0.0502. The van der Waals surface area contributed by atoms with Crippen LogP contribution in [0.4, 0.5) is 5.82 Å². The summed E-state index contributed by atoms with van der Waals surface area (Å²) in [4.78, 5) is 4.38. The van der Waals surface area contributed by atoms with Crippen molar-refractivity contribution in [1.82, 2.24) is 15.2 Å². The second-order valence-corrected chi connectivity index (χ2v) is 5.55. The van der Waals surface area contributed by atoms with Crippen LogP contribution in [0.3, 0.4) is 0 Å². The van der Waals surface area contributed by atoms with Gasteiger partial charge in [0.1, 0.15) is 5.82 Å². The number of anilines is 1. The quantitative estimate of drug-likeness (QED) is 0.747. The Bertz CT molecular complexity index is 771. The number of nitrogens with two attached hydrogens (primary N) is 1. The lowest BCUT2D eigenvalue weighted by Crippen LogP contribution is -2.35. The van der Waals surface area contributed by atoms with Gasteiger partial charge in [0.25, 0.3) is 0 Å². The van der Waals surface area contributed by atoms with Gasteiger partial charge in [-0.2, -0.15) is 5.10 Å². The molecule has 0 aliphatic heterocycles. The molecule has 0 unspecified atom stereocenters. The fourth-order valence-corrected chi connectivity index (χ4v) is 3.20. The number of hydrogen-bond donors (Lipinski definition) is 2. The van der Waals surface area contributed by atoms with Crippen molar-refractivity contribution in [2.24, 2.45) is 0 Å². The molecule has 0 radical (unpaired) electrons. The minimum Gasteiger partial charge on any atom is -0.382 e. The van der Waals surface area contributed by atoms with E-state index in [0.717, 1.165) is 24.1 Å². The highest BCUT2D eigenvalue weighted by atomic mass is 15.2. The van der Waals surface area contributed by atoms with Gasteiger partial charge in [-0.15, -0.1) is 0 Å². The van der Waals surface area contributed by atoms with E-state index in [4.69, 9.17) is 5.73 Å². The van der Waals surface area contributed by atoms with Gasteiger partial charge in [0, 0.05) is 28.8 Å². The Morgan fingerprint density at radius 2 is 2.05 bits per heavy atom. The summed E-state index contributed by atoms with van der Waals surface area (Å²) < 4.78 is 0. The third-order valence-corrected chi connectivity index (χ3v) is 4.48. The van der Waals surface area contributed by atoms with E-state index >= 15 is 0 Å². The van der Waals surface area contributed by atoms with Gasteiger partial charge in [0.05, 0.1) is 5.52 Å². The number of rotatable bonds is 2. The molecule has 100 valence electrons. The van der Waals surface area contributed by atoms with Gasteiger partial charge in [0.2, 0.25) is 0 Å². The zero-order valence-corrected chi connectivity index (χ0v) is 11.1. The number of aromatic nitrogens is 3. The molecule has 3 N–H and O–H groups in total. The average molecular weight is 264 g/mol. The van der Waals surface area contributed by atoms with Crippen molar-refractivity contribution in [3.8, 4) is 0 Å². The van der Waals surface area contributed by atoms with E-state index in [9.17, 15) is 0 Å². The Kier molecular flexibility index (Phi) is 2.33. The SMILES string of the molecule is Nc1cc(C2(c3ccc4ncccc4c3)CCC2)[nH]n1. The van der Waals surface area contributed by atoms with Gasteiger partial charge in [-0.25, -0.2) is 0 Å². The second kappa shape index (κ2) is 4.07. The topological polar surface area (TPSA) is 67.6 Å². The molecule has 0 amide bonds. The van der Waals surface area contributed by atoms with Gasteiger partial charge in [0.15, 0.2) is 0 Å². The van der Waals surface area contributed by atoms with Crippen LogP contribution in [0.1, 0.15) is 30.5 Å². The molecule has 1 saturated carbocycles. The molecule has 4 nitrogen and oxygen atoms in total. The highest BCUT2D eigenvalue weighted by molar-refractivity contribution is 5.79. The Balaban J connectivity index is 1.87. The number of fused-ring (bicyclic) bond motifs is 1. The highest BCUT2D eigenvalue weighted by Crippen LogP contribution is 2.48. The van der Waals surface area contributed by atoms with Crippen LogP contribution in [0.2, 0.25) is 0 Å². The van der Waals surface area contributed by atoms with E-state index in [2.05, 4.69) is 39.4 Å². The zero-order valence-electron chi connectivity index (χ0n) is 11.1. The molecule has 0 bridgehead atoms. The summed E-state index contributed by atoms with van der Waals surface area (Å²) in [7, 11) is 0. The first-order valence-corrected chi connectivity index (χ1v) is 6.95. The van der Waals surface area contributed by atoms with Crippen LogP contribution in [-0.4, -0.2) is 15.2 Å². The lowest BCUT2D eigenvalue weighted by Gasteiger charge is -2.41. The maximum absolute atomic E-state index is 5.77. The molecule has 2 heterocycles. The van der Waals surface area contributed by atoms with Crippen molar-refractivity contribution in [3.63, 3.8) is 0 Å². The smallest absolute Gasteiger partial charge is 0.145 e. The van der Waals surface area contributed by atoms with Crippen molar-refractivity contribution in [1.29, 1.82) is 0 Å². The molecule has 1 aromatic carbocycles. The summed E-state index contributed by atoms with van der Waals surface area (Å²) in [5.41, 5.74) is 9.31. The predicted octanol–water partition coefficient (Wildman–Crippen LogP) is 3.01. The van der Waals surface area contributed by atoms with Crippen LogP contribution in [0.15, 0.2) is 42.6 Å². The molecule has 0 saturated heterocycles. The molecule has 4 rings (SSSR count). The first-order valence-electron chi connectivity index (χ1n) is 6.95. The maximum atomic E-state index is 5.77. The number of aromatic amines is 1. The summed E-state index contributed by atoms with van der Waals surface area (Å²) >= 11 is 0. The normalized spacial score (nSPS) is 17.0. The van der Waals surface area contributed by atoms with Crippen LogP contribution in [-0.2, 0) is 5.41 Å². The van der Waals surface area contributed by atoms with E-state index in [0.29, 0.717) is 5.82 Å². The fraction of sp³-hybridized carbons (Fsp3) is 0.250. The van der Waals surface area contributed by atoms with Crippen molar-refractivity contribution < 1.29 is 0 Å². The number of nitrogens with zero attached hydrogens (tertiary/aromatic N) is 2. The third kappa shape index (κ3) is 1.54. The zero-order chi connectivity index (χ0) is 13.6. The molecule has 2 aromatic heterocycles. The van der Waals surface area contributed by atoms with Crippen molar-refractivity contribution >= 4 is 16.7 Å². The maximum Gasteiger partial charge on any atom is 0.145 e. The molecular formula is C16H16N4. The molecule has 1 fully saturated rings. The molecule has 3 aromatic rings. The molecule has 0 atom stereocenters. The summed E-state index contributed by atoms with van der Waals surface area (Å²) in [6.07, 6.45) is 5.35. The van der Waals surface area contributed by atoms with Crippen LogP contribution in [0.5, 0.6) is 0 Å². The molecule has 1 aliphatic carbocycles. The van der Waals surface area contributed by atoms with E-state index in [1.807, 2.05) is 18.3 Å². The average Bonchev–Trinajstić information content (AvgIpc) is 2.84. The van der Waals surface area contributed by atoms with Crippen LogP contribution < -0.4 is 5.73 Å². The number of H-pyrrole nitrogens is 1. The van der Waals surface area contributed by atoms with Gasteiger partial charge in [-0.05, 0) is 36.6 Å². The highest BCUT2D eigenvalue weighted by Gasteiger charge is 2.41. The third-order valence-electron chi connectivity index (χ3n) is 4.48. The Morgan fingerprint density at radius 3 is 2.75 bits per heavy atom. The summed E-state index contributed by atoms with van der Waals surface area (Å²) in [6, 6.07) is 12.6. The van der Waals surface area contributed by atoms with Crippen molar-refractivity contribution in [2.45, 2.75) is 24.7 Å². The predicted molar refractivity (Wildman–Crippen MR) is 79.4 cm³/mol. The summed E-state index contributed by atoms with van der Waals surface area (Å²) in [5, 5.41) is 8.38. The van der Waals surface area contributed by atoms with E-state index in [-0.39, 0.29) is 5.41 Å². The first-order chi connectivity index (χ1) is 9.78. The van der Waals surface area contributed by atoms with Crippen LogP contribution in [0, 0.1) is 0 Å². The molecule has 0 spiro atoms. The van der Waals surface area contributed by atoms with E-state index in [1.54, 1.807) is 0 Å². The van der Waals surface area contributed by atoms with Crippen molar-refractivity contribution in [2.75, 3.05) is 5.73 Å². The number of nitrogen functional groups attached to an aromatic ring is 1. The Morgan fingerprint density at radius 1 is 1.15 bits per heavy atom. The summed E-state index contributed by atoms with van der Waals surface area (Å²) in [6.45, 7) is 0. The fourth-order valence-electron chi connectivity index (χ4n) is 3.20. The van der Waals surface area contributed by atoms with Crippen LogP contribution >= 0.6 is 0 Å². The largest absolute Gasteiger partial charge is 0.382 e. The Hall–Kier alpha value is -2.36. The number of nitrogens with one attached hydrogen (secondary N) is 1. The summed E-state index contributed by atoms with van der Waals surface area (Å²) in [5.74, 6) is 0.564. The molecular weight excluding hydrogens is 248 g/mol. The minimum absolute atomic E-state index is 0.0502. The lowest BCUT2D eigenvalue weighted by molar-refractivity contribution is 0.293. The molecule has 1 aliphatic rings. The second-order valence-electron chi connectivity index (χ2n) is 5.55. The number of hydrogen-bond acceptors (Lipinski definition) is 3.